The number of nitrogen functional groups attached to an aromatic ring is 1. The van der Waals surface area contributed by atoms with Crippen molar-refractivity contribution in [3.05, 3.63) is 29.3 Å². The van der Waals surface area contributed by atoms with Gasteiger partial charge in [0.15, 0.2) is 0 Å². The highest BCUT2D eigenvalue weighted by molar-refractivity contribution is 8.20. The van der Waals surface area contributed by atoms with Gasteiger partial charge in [0.1, 0.15) is 0 Å². The van der Waals surface area contributed by atoms with Crippen molar-refractivity contribution in [2.45, 2.75) is 23.3 Å². The van der Waals surface area contributed by atoms with E-state index < -0.39 is 0 Å². The van der Waals surface area contributed by atoms with Crippen LogP contribution in [0.1, 0.15) is 24.0 Å². The minimum absolute atomic E-state index is 0.350. The molecule has 0 saturated carbocycles. The monoisotopic (exact) mass is 237 g/mol. The van der Waals surface area contributed by atoms with Gasteiger partial charge in [0, 0.05) is 17.2 Å². The highest BCUT2D eigenvalue weighted by Crippen LogP contribution is 2.57. The lowest BCUT2D eigenvalue weighted by Gasteiger charge is -2.34. The Bertz CT molecular complexity index is 383. The van der Waals surface area contributed by atoms with Gasteiger partial charge in [0.2, 0.25) is 0 Å². The summed E-state index contributed by atoms with van der Waals surface area (Å²) in [5.74, 6) is 2.58. The molecule has 1 fully saturated rings. The third-order valence-electron chi connectivity index (χ3n) is 3.25. The van der Waals surface area contributed by atoms with Crippen LogP contribution in [-0.4, -0.2) is 11.5 Å². The molecule has 80 valence electrons. The Balaban J connectivity index is 2.12. The first-order valence-corrected chi connectivity index (χ1v) is 7.44. The fraction of sp³-hybridized carbons (Fsp3) is 0.500. The first-order chi connectivity index (χ1) is 7.30. The summed E-state index contributed by atoms with van der Waals surface area (Å²) >= 11 is 4.25. The van der Waals surface area contributed by atoms with Crippen LogP contribution in [0.2, 0.25) is 0 Å². The summed E-state index contributed by atoms with van der Waals surface area (Å²) in [7, 11) is 0. The van der Waals surface area contributed by atoms with Crippen molar-refractivity contribution >= 4 is 29.2 Å². The standard InChI is InChI=1S/C12H15NS2/c13-10-4-3-9-2-1-5-12(11(9)8-10)14-6-7-15-12/h3-4,8H,1-2,5-7,13H2. The number of nitrogens with two attached hydrogens (primary N) is 1. The molecule has 1 heterocycles. The molecule has 1 spiro atoms. The molecular weight excluding hydrogens is 222 g/mol. The van der Waals surface area contributed by atoms with Crippen LogP contribution in [0.3, 0.4) is 0 Å². The van der Waals surface area contributed by atoms with Crippen LogP contribution in [0.5, 0.6) is 0 Å². The van der Waals surface area contributed by atoms with Crippen molar-refractivity contribution in [2.75, 3.05) is 17.2 Å². The summed E-state index contributed by atoms with van der Waals surface area (Å²) in [5, 5.41) is 0. The van der Waals surface area contributed by atoms with Gasteiger partial charge in [-0.1, -0.05) is 6.07 Å². The van der Waals surface area contributed by atoms with Gasteiger partial charge in [-0.25, -0.2) is 0 Å². The molecule has 0 bridgehead atoms. The average Bonchev–Trinajstić information content (AvgIpc) is 2.69. The molecule has 1 aliphatic carbocycles. The lowest BCUT2D eigenvalue weighted by Crippen LogP contribution is -2.21. The number of hydrogen-bond donors (Lipinski definition) is 1. The van der Waals surface area contributed by atoms with Crippen LogP contribution in [0.4, 0.5) is 5.69 Å². The van der Waals surface area contributed by atoms with E-state index in [9.17, 15) is 0 Å². The number of rotatable bonds is 0. The Kier molecular flexibility index (Phi) is 2.40. The van der Waals surface area contributed by atoms with Gasteiger partial charge in [-0.3, -0.25) is 0 Å². The second-order valence-corrected chi connectivity index (χ2v) is 7.27. The third-order valence-corrected chi connectivity index (χ3v) is 6.81. The Labute approximate surface area is 99.2 Å². The molecule has 3 rings (SSSR count). The Morgan fingerprint density at radius 2 is 2.00 bits per heavy atom. The molecule has 0 atom stereocenters. The van der Waals surface area contributed by atoms with E-state index in [1.54, 1.807) is 0 Å². The van der Waals surface area contributed by atoms with Crippen LogP contribution < -0.4 is 5.73 Å². The van der Waals surface area contributed by atoms with Crippen LogP contribution >= 0.6 is 23.5 Å². The van der Waals surface area contributed by atoms with Crippen LogP contribution in [0, 0.1) is 0 Å². The second-order valence-electron chi connectivity index (χ2n) is 4.22. The molecule has 2 aliphatic rings. The van der Waals surface area contributed by atoms with Gasteiger partial charge >= 0.3 is 0 Å². The van der Waals surface area contributed by atoms with E-state index in [1.165, 1.54) is 41.9 Å². The first kappa shape index (κ1) is 9.91. The molecule has 1 aliphatic heterocycles. The van der Waals surface area contributed by atoms with Crippen LogP contribution in [0.25, 0.3) is 0 Å². The van der Waals surface area contributed by atoms with Gasteiger partial charge < -0.3 is 5.73 Å². The molecule has 3 heteroatoms. The summed E-state index contributed by atoms with van der Waals surface area (Å²) in [5.41, 5.74) is 9.87. The lowest BCUT2D eigenvalue weighted by atomic mass is 9.90. The molecule has 0 unspecified atom stereocenters. The van der Waals surface area contributed by atoms with Crippen molar-refractivity contribution in [3.8, 4) is 0 Å². The molecule has 2 N–H and O–H groups in total. The van der Waals surface area contributed by atoms with Gasteiger partial charge in [-0.2, -0.15) is 0 Å². The van der Waals surface area contributed by atoms with Gasteiger partial charge in [-0.05, 0) is 42.5 Å². The van der Waals surface area contributed by atoms with Crippen LogP contribution in [0.15, 0.2) is 18.2 Å². The predicted molar refractivity (Wildman–Crippen MR) is 70.4 cm³/mol. The Hall–Kier alpha value is -0.280. The maximum absolute atomic E-state index is 5.91. The average molecular weight is 237 g/mol. The van der Waals surface area contributed by atoms with Crippen molar-refractivity contribution in [2.24, 2.45) is 0 Å². The van der Waals surface area contributed by atoms with E-state index in [-0.39, 0.29) is 0 Å². The molecule has 1 aromatic rings. The maximum atomic E-state index is 5.91. The molecule has 1 nitrogen and oxygen atoms in total. The summed E-state index contributed by atoms with van der Waals surface area (Å²) in [6.45, 7) is 0. The van der Waals surface area contributed by atoms with Crippen molar-refractivity contribution in [1.29, 1.82) is 0 Å². The Morgan fingerprint density at radius 3 is 2.80 bits per heavy atom. The normalized spacial score (nSPS) is 22.9. The van der Waals surface area contributed by atoms with E-state index in [1.807, 2.05) is 6.07 Å². The van der Waals surface area contributed by atoms with E-state index in [4.69, 9.17) is 5.73 Å². The van der Waals surface area contributed by atoms with Crippen molar-refractivity contribution in [3.63, 3.8) is 0 Å². The fourth-order valence-corrected chi connectivity index (χ4v) is 6.00. The Morgan fingerprint density at radius 1 is 1.20 bits per heavy atom. The van der Waals surface area contributed by atoms with Crippen molar-refractivity contribution in [1.82, 2.24) is 0 Å². The molecule has 0 aromatic heterocycles. The largest absolute Gasteiger partial charge is 0.399 e. The van der Waals surface area contributed by atoms with E-state index in [0.717, 1.165) is 5.69 Å². The molecular formula is C12H15NS2. The van der Waals surface area contributed by atoms with E-state index in [0.29, 0.717) is 4.08 Å². The number of hydrogen-bond acceptors (Lipinski definition) is 3. The molecule has 1 saturated heterocycles. The zero-order valence-corrected chi connectivity index (χ0v) is 10.3. The molecule has 0 amide bonds. The zero-order valence-electron chi connectivity index (χ0n) is 8.66. The number of thioether (sulfide) groups is 2. The summed E-state index contributed by atoms with van der Waals surface area (Å²) in [4.78, 5) is 0. The minimum Gasteiger partial charge on any atom is -0.399 e. The summed E-state index contributed by atoms with van der Waals surface area (Å²) < 4.78 is 0.350. The van der Waals surface area contributed by atoms with E-state index in [2.05, 4.69) is 35.7 Å². The third kappa shape index (κ3) is 1.56. The topological polar surface area (TPSA) is 26.0 Å². The highest BCUT2D eigenvalue weighted by atomic mass is 32.2. The first-order valence-electron chi connectivity index (χ1n) is 5.47. The number of anilines is 1. The smallest absolute Gasteiger partial charge is 0.0864 e. The SMILES string of the molecule is Nc1ccc2c(c1)C1(CCC2)SCCS1. The van der Waals surface area contributed by atoms with Gasteiger partial charge in [0.25, 0.3) is 0 Å². The quantitative estimate of drug-likeness (QED) is 0.702. The summed E-state index contributed by atoms with van der Waals surface area (Å²) in [6.07, 6.45) is 3.88. The zero-order chi connectivity index (χ0) is 10.3. The maximum Gasteiger partial charge on any atom is 0.0864 e. The number of benzene rings is 1. The fourth-order valence-electron chi connectivity index (χ4n) is 2.57. The van der Waals surface area contributed by atoms with Crippen LogP contribution in [-0.2, 0) is 10.5 Å². The van der Waals surface area contributed by atoms with E-state index >= 15 is 0 Å². The second kappa shape index (κ2) is 3.63. The highest BCUT2D eigenvalue weighted by Gasteiger charge is 2.40. The minimum atomic E-state index is 0.350. The summed E-state index contributed by atoms with van der Waals surface area (Å²) in [6, 6.07) is 6.48. The lowest BCUT2D eigenvalue weighted by molar-refractivity contribution is 0.644. The van der Waals surface area contributed by atoms with Gasteiger partial charge in [-0.15, -0.1) is 23.5 Å². The number of fused-ring (bicyclic) bond motifs is 2. The van der Waals surface area contributed by atoms with Crippen molar-refractivity contribution < 1.29 is 0 Å². The molecule has 15 heavy (non-hydrogen) atoms. The van der Waals surface area contributed by atoms with Gasteiger partial charge in [0.05, 0.1) is 4.08 Å². The number of aryl methyl sites for hydroxylation is 1. The predicted octanol–water partition coefficient (Wildman–Crippen LogP) is 3.24. The molecule has 1 aromatic carbocycles. The molecule has 0 radical (unpaired) electrons.